The van der Waals surface area contributed by atoms with Gasteiger partial charge in [-0.1, -0.05) is 23.2 Å². The van der Waals surface area contributed by atoms with Gasteiger partial charge in [0.05, 0.1) is 10.5 Å². The topological polar surface area (TPSA) is 50.9 Å². The van der Waals surface area contributed by atoms with Crippen molar-refractivity contribution in [2.24, 2.45) is 5.73 Å². The van der Waals surface area contributed by atoms with Gasteiger partial charge in [-0.3, -0.25) is 4.98 Å². The van der Waals surface area contributed by atoms with Crippen molar-refractivity contribution in [3.8, 4) is 0 Å². The lowest BCUT2D eigenvalue weighted by Crippen LogP contribution is -2.08. The van der Waals surface area contributed by atoms with Gasteiger partial charge in [0.15, 0.2) is 0 Å². The first kappa shape index (κ1) is 12.4. The zero-order valence-corrected chi connectivity index (χ0v) is 10.7. The maximum Gasteiger partial charge on any atom is 0.0909 e. The third-order valence-corrected chi connectivity index (χ3v) is 2.97. The Balaban J connectivity index is 2.42. The van der Waals surface area contributed by atoms with Crippen molar-refractivity contribution in [1.29, 1.82) is 0 Å². The second-order valence-electron chi connectivity index (χ2n) is 3.71. The van der Waals surface area contributed by atoms with Gasteiger partial charge in [0.2, 0.25) is 0 Å². The van der Waals surface area contributed by atoms with Crippen LogP contribution in [-0.2, 0) is 0 Å². The molecule has 0 radical (unpaired) electrons. The molecule has 0 amide bonds. The zero-order valence-electron chi connectivity index (χ0n) is 9.21. The predicted molar refractivity (Wildman–Crippen MR) is 73.9 cm³/mol. The summed E-state index contributed by atoms with van der Waals surface area (Å²) < 4.78 is 0. The van der Waals surface area contributed by atoms with Crippen LogP contribution in [0.1, 0.15) is 6.42 Å². The summed E-state index contributed by atoms with van der Waals surface area (Å²) in [4.78, 5) is 4.26. The minimum Gasteiger partial charge on any atom is -0.384 e. The van der Waals surface area contributed by atoms with Crippen molar-refractivity contribution in [3.63, 3.8) is 0 Å². The Morgan fingerprint density at radius 3 is 2.88 bits per heavy atom. The molecule has 1 aromatic carbocycles. The Kier molecular flexibility index (Phi) is 4.05. The number of aromatic nitrogens is 1. The fraction of sp³-hybridized carbons (Fsp3) is 0.250. The molecule has 2 aromatic rings. The predicted octanol–water partition coefficient (Wildman–Crippen LogP) is 3.30. The fourth-order valence-electron chi connectivity index (χ4n) is 1.66. The largest absolute Gasteiger partial charge is 0.384 e. The van der Waals surface area contributed by atoms with Gasteiger partial charge >= 0.3 is 0 Å². The van der Waals surface area contributed by atoms with Crippen LogP contribution in [0.3, 0.4) is 0 Å². The van der Waals surface area contributed by atoms with E-state index in [1.807, 2.05) is 12.1 Å². The first-order valence-corrected chi connectivity index (χ1v) is 6.15. The molecule has 0 aliphatic carbocycles. The van der Waals surface area contributed by atoms with Crippen molar-refractivity contribution >= 4 is 39.8 Å². The van der Waals surface area contributed by atoms with Crippen LogP contribution in [0.15, 0.2) is 24.4 Å². The van der Waals surface area contributed by atoms with Gasteiger partial charge in [0.1, 0.15) is 0 Å². The first-order chi connectivity index (χ1) is 8.22. The molecule has 0 saturated carbocycles. The SMILES string of the molecule is NCCCNc1ccnc2c(Cl)cc(Cl)cc12. The average Bonchev–Trinajstić information content (AvgIpc) is 2.30. The Labute approximate surface area is 110 Å². The van der Waals surface area contributed by atoms with Crippen LogP contribution in [0, 0.1) is 0 Å². The molecule has 90 valence electrons. The monoisotopic (exact) mass is 269 g/mol. The number of nitrogens with one attached hydrogen (secondary N) is 1. The quantitative estimate of drug-likeness (QED) is 0.838. The van der Waals surface area contributed by atoms with E-state index < -0.39 is 0 Å². The van der Waals surface area contributed by atoms with Gasteiger partial charge in [-0.2, -0.15) is 0 Å². The number of nitrogens with zero attached hydrogens (tertiary/aromatic N) is 1. The smallest absolute Gasteiger partial charge is 0.0909 e. The van der Waals surface area contributed by atoms with Gasteiger partial charge in [0.25, 0.3) is 0 Å². The van der Waals surface area contributed by atoms with E-state index in [0.717, 1.165) is 29.6 Å². The molecule has 0 unspecified atom stereocenters. The van der Waals surface area contributed by atoms with E-state index in [9.17, 15) is 0 Å². The lowest BCUT2D eigenvalue weighted by Gasteiger charge is -2.09. The fourth-order valence-corrected chi connectivity index (χ4v) is 2.20. The zero-order chi connectivity index (χ0) is 12.3. The molecule has 17 heavy (non-hydrogen) atoms. The van der Waals surface area contributed by atoms with Crippen LogP contribution in [0.2, 0.25) is 10.0 Å². The summed E-state index contributed by atoms with van der Waals surface area (Å²) >= 11 is 12.1. The Hall–Kier alpha value is -1.03. The van der Waals surface area contributed by atoms with E-state index in [2.05, 4.69) is 10.3 Å². The molecular formula is C12H13Cl2N3. The van der Waals surface area contributed by atoms with E-state index in [1.165, 1.54) is 0 Å². The standard InChI is InChI=1S/C12H13Cl2N3/c13-8-6-9-11(16-4-1-3-15)2-5-17-12(9)10(14)7-8/h2,5-7H,1,3-4,15H2,(H,16,17). The molecule has 0 atom stereocenters. The molecule has 0 bridgehead atoms. The second kappa shape index (κ2) is 5.54. The summed E-state index contributed by atoms with van der Waals surface area (Å²) in [5, 5.41) is 5.41. The van der Waals surface area contributed by atoms with Gasteiger partial charge in [0, 0.05) is 28.8 Å². The number of pyridine rings is 1. The molecule has 0 aliphatic rings. The summed E-state index contributed by atoms with van der Waals surface area (Å²) in [6.45, 7) is 1.48. The van der Waals surface area contributed by atoms with Crippen LogP contribution < -0.4 is 11.1 Å². The highest BCUT2D eigenvalue weighted by Crippen LogP contribution is 2.30. The van der Waals surface area contributed by atoms with E-state index in [1.54, 1.807) is 12.3 Å². The molecule has 1 heterocycles. The Bertz CT molecular complexity index is 528. The molecule has 1 aromatic heterocycles. The summed E-state index contributed by atoms with van der Waals surface area (Å²) in [5.74, 6) is 0. The van der Waals surface area contributed by atoms with Crippen LogP contribution >= 0.6 is 23.2 Å². The number of anilines is 1. The van der Waals surface area contributed by atoms with E-state index >= 15 is 0 Å². The third kappa shape index (κ3) is 2.80. The number of hydrogen-bond acceptors (Lipinski definition) is 3. The van der Waals surface area contributed by atoms with Gasteiger partial charge in [-0.05, 0) is 31.2 Å². The van der Waals surface area contributed by atoms with Crippen molar-refractivity contribution in [2.75, 3.05) is 18.4 Å². The van der Waals surface area contributed by atoms with Crippen molar-refractivity contribution in [3.05, 3.63) is 34.4 Å². The average molecular weight is 270 g/mol. The van der Waals surface area contributed by atoms with Gasteiger partial charge < -0.3 is 11.1 Å². The van der Waals surface area contributed by atoms with Crippen molar-refractivity contribution < 1.29 is 0 Å². The molecular weight excluding hydrogens is 257 g/mol. The van der Waals surface area contributed by atoms with Gasteiger partial charge in [-0.25, -0.2) is 0 Å². The maximum atomic E-state index is 6.10. The normalized spacial score (nSPS) is 10.8. The van der Waals surface area contributed by atoms with Crippen LogP contribution in [0.4, 0.5) is 5.69 Å². The van der Waals surface area contributed by atoms with Crippen molar-refractivity contribution in [1.82, 2.24) is 4.98 Å². The molecule has 3 nitrogen and oxygen atoms in total. The number of fused-ring (bicyclic) bond motifs is 1. The van der Waals surface area contributed by atoms with E-state index in [-0.39, 0.29) is 0 Å². The van der Waals surface area contributed by atoms with Crippen molar-refractivity contribution in [2.45, 2.75) is 6.42 Å². The molecule has 5 heteroatoms. The summed E-state index contributed by atoms with van der Waals surface area (Å²) in [7, 11) is 0. The highest BCUT2D eigenvalue weighted by Gasteiger charge is 2.06. The number of benzene rings is 1. The molecule has 0 spiro atoms. The summed E-state index contributed by atoms with van der Waals surface area (Å²) in [6.07, 6.45) is 2.64. The minimum atomic E-state index is 0.565. The van der Waals surface area contributed by atoms with Crippen LogP contribution in [0.25, 0.3) is 10.9 Å². The highest BCUT2D eigenvalue weighted by molar-refractivity contribution is 6.38. The number of halogens is 2. The highest BCUT2D eigenvalue weighted by atomic mass is 35.5. The Morgan fingerprint density at radius 1 is 1.29 bits per heavy atom. The summed E-state index contributed by atoms with van der Waals surface area (Å²) in [5.41, 5.74) is 7.20. The first-order valence-electron chi connectivity index (χ1n) is 5.40. The third-order valence-electron chi connectivity index (χ3n) is 2.46. The number of hydrogen-bond donors (Lipinski definition) is 2. The van der Waals surface area contributed by atoms with E-state index in [4.69, 9.17) is 28.9 Å². The lowest BCUT2D eigenvalue weighted by molar-refractivity contribution is 0.875. The molecule has 0 saturated heterocycles. The summed E-state index contributed by atoms with van der Waals surface area (Å²) in [6, 6.07) is 5.47. The van der Waals surface area contributed by atoms with E-state index in [0.29, 0.717) is 16.6 Å². The van der Waals surface area contributed by atoms with Gasteiger partial charge in [-0.15, -0.1) is 0 Å². The maximum absolute atomic E-state index is 6.10. The van der Waals surface area contributed by atoms with Crippen LogP contribution in [0.5, 0.6) is 0 Å². The number of rotatable bonds is 4. The Morgan fingerprint density at radius 2 is 2.12 bits per heavy atom. The molecule has 2 rings (SSSR count). The second-order valence-corrected chi connectivity index (χ2v) is 4.55. The molecule has 3 N–H and O–H groups in total. The molecule has 0 aliphatic heterocycles. The minimum absolute atomic E-state index is 0.565. The molecule has 0 fully saturated rings. The lowest BCUT2D eigenvalue weighted by atomic mass is 10.2. The number of nitrogens with two attached hydrogens (primary N) is 1. The van der Waals surface area contributed by atoms with Crippen LogP contribution in [-0.4, -0.2) is 18.1 Å².